The Hall–Kier alpha value is -2.43. The van der Waals surface area contributed by atoms with Gasteiger partial charge in [0, 0.05) is 24.3 Å². The molecule has 0 unspecified atom stereocenters. The van der Waals surface area contributed by atoms with Crippen LogP contribution in [0.15, 0.2) is 30.3 Å². The Bertz CT molecular complexity index is 731. The van der Waals surface area contributed by atoms with Gasteiger partial charge in [0.2, 0.25) is 5.91 Å². The molecule has 3 rings (SSSR count). The molecule has 0 aliphatic carbocycles. The molecular weight excluding hydrogens is 278 g/mol. The molecule has 0 spiro atoms. The Morgan fingerprint density at radius 3 is 2.45 bits per heavy atom. The molecule has 5 heteroatoms. The maximum atomic E-state index is 12.6. The van der Waals surface area contributed by atoms with Crippen molar-refractivity contribution < 1.29 is 9.59 Å². The summed E-state index contributed by atoms with van der Waals surface area (Å²) in [6, 6.07) is 9.65. The summed E-state index contributed by atoms with van der Waals surface area (Å²) >= 11 is 0. The van der Waals surface area contributed by atoms with Crippen LogP contribution >= 0.6 is 0 Å². The van der Waals surface area contributed by atoms with Crippen molar-refractivity contribution in [3.63, 3.8) is 0 Å². The van der Waals surface area contributed by atoms with Crippen LogP contribution in [0.2, 0.25) is 0 Å². The van der Waals surface area contributed by atoms with Crippen LogP contribution in [-0.2, 0) is 4.79 Å². The molecule has 5 nitrogen and oxygen atoms in total. The van der Waals surface area contributed by atoms with Crippen LogP contribution in [0, 0.1) is 26.7 Å². The molecule has 0 bridgehead atoms. The molecule has 1 aromatic heterocycles. The third kappa shape index (κ3) is 2.54. The zero-order valence-corrected chi connectivity index (χ0v) is 13.0. The summed E-state index contributed by atoms with van der Waals surface area (Å²) in [4.78, 5) is 26.5. The van der Waals surface area contributed by atoms with E-state index in [1.807, 2.05) is 51.1 Å². The molecule has 1 aliphatic heterocycles. The SMILES string of the molecule is Cc1ccc(N2C[C@H](C(=O)n3nc(C)cc3C)CC2=O)cc1. The Balaban J connectivity index is 1.81. The number of anilines is 1. The van der Waals surface area contributed by atoms with Crippen LogP contribution in [0.25, 0.3) is 0 Å². The Kier molecular flexibility index (Phi) is 3.56. The van der Waals surface area contributed by atoms with E-state index < -0.39 is 0 Å². The molecule has 114 valence electrons. The summed E-state index contributed by atoms with van der Waals surface area (Å²) < 4.78 is 1.42. The highest BCUT2D eigenvalue weighted by molar-refractivity contribution is 6.00. The Morgan fingerprint density at radius 1 is 1.18 bits per heavy atom. The highest BCUT2D eigenvalue weighted by atomic mass is 16.2. The summed E-state index contributed by atoms with van der Waals surface area (Å²) in [7, 11) is 0. The van der Waals surface area contributed by atoms with E-state index in [9.17, 15) is 9.59 Å². The van der Waals surface area contributed by atoms with Crippen molar-refractivity contribution in [2.75, 3.05) is 11.4 Å². The minimum Gasteiger partial charge on any atom is -0.312 e. The predicted octanol–water partition coefficient (Wildman–Crippen LogP) is 2.50. The fourth-order valence-corrected chi connectivity index (χ4v) is 2.87. The summed E-state index contributed by atoms with van der Waals surface area (Å²) in [5.74, 6) is -0.455. The largest absolute Gasteiger partial charge is 0.312 e. The zero-order valence-electron chi connectivity index (χ0n) is 13.0. The van der Waals surface area contributed by atoms with Crippen LogP contribution in [0.3, 0.4) is 0 Å². The molecule has 1 fully saturated rings. The zero-order chi connectivity index (χ0) is 15.9. The van der Waals surface area contributed by atoms with Crippen molar-refractivity contribution in [3.05, 3.63) is 47.3 Å². The van der Waals surface area contributed by atoms with E-state index in [1.54, 1.807) is 4.90 Å². The molecule has 2 aromatic rings. The fourth-order valence-electron chi connectivity index (χ4n) is 2.87. The molecule has 1 aliphatic rings. The lowest BCUT2D eigenvalue weighted by molar-refractivity contribution is -0.117. The molecule has 2 heterocycles. The van der Waals surface area contributed by atoms with Gasteiger partial charge in [-0.2, -0.15) is 5.10 Å². The summed E-state index contributed by atoms with van der Waals surface area (Å²) in [6.07, 6.45) is 0.241. The van der Waals surface area contributed by atoms with Crippen LogP contribution in [0.4, 0.5) is 5.69 Å². The van der Waals surface area contributed by atoms with E-state index in [1.165, 1.54) is 4.68 Å². The lowest BCUT2D eigenvalue weighted by atomic mass is 10.1. The lowest BCUT2D eigenvalue weighted by Crippen LogP contribution is -2.28. The number of nitrogens with zero attached hydrogens (tertiary/aromatic N) is 3. The number of benzene rings is 1. The molecule has 1 saturated heterocycles. The van der Waals surface area contributed by atoms with Crippen molar-refractivity contribution in [3.8, 4) is 0 Å². The maximum absolute atomic E-state index is 12.6. The molecule has 0 N–H and O–H groups in total. The van der Waals surface area contributed by atoms with Gasteiger partial charge in [0.25, 0.3) is 5.91 Å². The van der Waals surface area contributed by atoms with Gasteiger partial charge in [0.05, 0.1) is 11.6 Å². The first-order valence-electron chi connectivity index (χ1n) is 7.40. The average molecular weight is 297 g/mol. The molecule has 1 aromatic carbocycles. The normalized spacial score (nSPS) is 18.0. The van der Waals surface area contributed by atoms with Gasteiger partial charge in [0.1, 0.15) is 0 Å². The fraction of sp³-hybridized carbons (Fsp3) is 0.353. The monoisotopic (exact) mass is 297 g/mol. The number of rotatable bonds is 2. The molecule has 1 atom stereocenters. The van der Waals surface area contributed by atoms with Gasteiger partial charge in [-0.3, -0.25) is 9.59 Å². The first kappa shape index (κ1) is 14.5. The second-order valence-corrected chi connectivity index (χ2v) is 5.92. The van der Waals surface area contributed by atoms with Gasteiger partial charge < -0.3 is 4.90 Å². The quantitative estimate of drug-likeness (QED) is 0.856. The Morgan fingerprint density at radius 2 is 1.86 bits per heavy atom. The number of hydrogen-bond acceptors (Lipinski definition) is 3. The highest BCUT2D eigenvalue weighted by Gasteiger charge is 2.36. The number of carbonyl (C=O) groups is 2. The average Bonchev–Trinajstić information content (AvgIpc) is 3.02. The second-order valence-electron chi connectivity index (χ2n) is 5.92. The number of amides is 1. The van der Waals surface area contributed by atoms with Crippen LogP contribution < -0.4 is 4.90 Å². The van der Waals surface area contributed by atoms with Crippen molar-refractivity contribution in [2.45, 2.75) is 27.2 Å². The standard InChI is InChI=1S/C17H19N3O2/c1-11-4-6-15(7-5-11)19-10-14(9-16(19)21)17(22)20-13(3)8-12(2)18-20/h4-8,14H,9-10H2,1-3H3/t14-/m1/s1. The third-order valence-corrected chi connectivity index (χ3v) is 4.04. The first-order valence-corrected chi connectivity index (χ1v) is 7.40. The van der Waals surface area contributed by atoms with E-state index in [0.29, 0.717) is 6.54 Å². The smallest absolute Gasteiger partial charge is 0.252 e. The molecular formula is C17H19N3O2. The van der Waals surface area contributed by atoms with Gasteiger partial charge in [-0.15, -0.1) is 0 Å². The van der Waals surface area contributed by atoms with Gasteiger partial charge in [-0.1, -0.05) is 17.7 Å². The molecule has 0 radical (unpaired) electrons. The van der Waals surface area contributed by atoms with Gasteiger partial charge in [-0.05, 0) is 39.0 Å². The maximum Gasteiger partial charge on any atom is 0.252 e. The summed E-state index contributed by atoms with van der Waals surface area (Å²) in [5, 5.41) is 4.23. The van der Waals surface area contributed by atoms with E-state index in [2.05, 4.69) is 5.10 Å². The first-order chi connectivity index (χ1) is 10.5. The Labute approximate surface area is 129 Å². The minimum atomic E-state index is -0.341. The van der Waals surface area contributed by atoms with E-state index >= 15 is 0 Å². The molecule has 0 saturated carbocycles. The van der Waals surface area contributed by atoms with Crippen molar-refractivity contribution in [1.82, 2.24) is 9.78 Å². The number of aryl methyl sites for hydroxylation is 3. The van der Waals surface area contributed by atoms with Gasteiger partial charge in [0.15, 0.2) is 0 Å². The molecule has 1 amide bonds. The van der Waals surface area contributed by atoms with Crippen molar-refractivity contribution >= 4 is 17.5 Å². The number of hydrogen-bond donors (Lipinski definition) is 0. The van der Waals surface area contributed by atoms with E-state index in [0.717, 1.165) is 22.6 Å². The van der Waals surface area contributed by atoms with Crippen LogP contribution in [-0.4, -0.2) is 28.1 Å². The highest BCUT2D eigenvalue weighted by Crippen LogP contribution is 2.26. The van der Waals surface area contributed by atoms with Gasteiger partial charge in [-0.25, -0.2) is 4.68 Å². The van der Waals surface area contributed by atoms with Crippen LogP contribution in [0.5, 0.6) is 0 Å². The molecule has 22 heavy (non-hydrogen) atoms. The number of aromatic nitrogens is 2. The minimum absolute atomic E-state index is 0.0104. The van der Waals surface area contributed by atoms with E-state index in [-0.39, 0.29) is 24.2 Å². The summed E-state index contributed by atoms with van der Waals surface area (Å²) in [5.41, 5.74) is 3.61. The van der Waals surface area contributed by atoms with Gasteiger partial charge >= 0.3 is 0 Å². The second kappa shape index (κ2) is 5.40. The third-order valence-electron chi connectivity index (χ3n) is 4.04. The predicted molar refractivity (Wildman–Crippen MR) is 84.0 cm³/mol. The lowest BCUT2D eigenvalue weighted by Gasteiger charge is -2.16. The topological polar surface area (TPSA) is 55.2 Å². The van der Waals surface area contributed by atoms with Crippen molar-refractivity contribution in [1.29, 1.82) is 0 Å². The van der Waals surface area contributed by atoms with Crippen molar-refractivity contribution in [2.24, 2.45) is 5.92 Å². The van der Waals surface area contributed by atoms with Crippen LogP contribution in [0.1, 0.15) is 28.2 Å². The summed E-state index contributed by atoms with van der Waals surface area (Å²) in [6.45, 7) is 6.13. The number of carbonyl (C=O) groups excluding carboxylic acids is 2. The van der Waals surface area contributed by atoms with E-state index in [4.69, 9.17) is 0 Å².